The summed E-state index contributed by atoms with van der Waals surface area (Å²) in [6, 6.07) is 10.2. The summed E-state index contributed by atoms with van der Waals surface area (Å²) in [6.45, 7) is 3.66. The van der Waals surface area contributed by atoms with E-state index in [4.69, 9.17) is 0 Å². The third-order valence-corrected chi connectivity index (χ3v) is 5.12. The van der Waals surface area contributed by atoms with E-state index < -0.39 is 0 Å². The average Bonchev–Trinajstić information content (AvgIpc) is 2.91. The van der Waals surface area contributed by atoms with Crippen LogP contribution in [0.5, 0.6) is 0 Å². The van der Waals surface area contributed by atoms with E-state index in [1.807, 2.05) is 24.1 Å². The normalized spacial score (nSPS) is 17.0. The Morgan fingerprint density at radius 2 is 2.19 bits per heavy atom. The number of anilines is 1. The van der Waals surface area contributed by atoms with Crippen molar-refractivity contribution in [1.82, 2.24) is 4.90 Å². The average molecular weight is 300 g/mol. The molecule has 0 saturated carbocycles. The number of thiophene rings is 1. The molecule has 110 valence electrons. The van der Waals surface area contributed by atoms with Crippen molar-refractivity contribution in [2.24, 2.45) is 0 Å². The minimum atomic E-state index is -0.0206. The lowest BCUT2D eigenvalue weighted by molar-refractivity contribution is -0.132. The maximum Gasteiger partial charge on any atom is 0.230 e. The molecule has 0 spiro atoms. The second kappa shape index (κ2) is 5.90. The molecule has 1 aromatic heterocycles. The Morgan fingerprint density at radius 1 is 1.38 bits per heavy atom. The molecule has 2 heterocycles. The van der Waals surface area contributed by atoms with Crippen molar-refractivity contribution in [2.45, 2.75) is 25.8 Å². The molecule has 0 bridgehead atoms. The molecule has 0 aliphatic carbocycles. The van der Waals surface area contributed by atoms with Crippen molar-refractivity contribution in [3.8, 4) is 0 Å². The first-order valence-electron chi connectivity index (χ1n) is 7.27. The van der Waals surface area contributed by atoms with Crippen LogP contribution in [0, 0.1) is 6.92 Å². The molecule has 21 heavy (non-hydrogen) atoms. The first kappa shape index (κ1) is 14.1. The lowest BCUT2D eigenvalue weighted by Gasteiger charge is -2.29. The van der Waals surface area contributed by atoms with Gasteiger partial charge in [0.1, 0.15) is 0 Å². The van der Waals surface area contributed by atoms with Crippen LogP contribution in [-0.2, 0) is 11.3 Å². The fraction of sp³-hybridized carbons (Fsp3) is 0.353. The maximum absolute atomic E-state index is 12.8. The van der Waals surface area contributed by atoms with Crippen LogP contribution in [0.4, 0.5) is 5.69 Å². The highest BCUT2D eigenvalue weighted by Gasteiger charge is 2.28. The van der Waals surface area contributed by atoms with E-state index in [1.165, 1.54) is 10.4 Å². The molecule has 1 amide bonds. The summed E-state index contributed by atoms with van der Waals surface area (Å²) in [6.07, 6.45) is 0.865. The number of carbonyl (C=O) groups excluding carboxylic acids is 1. The number of hydrogen-bond donors (Lipinski definition) is 1. The van der Waals surface area contributed by atoms with Crippen LogP contribution in [0.2, 0.25) is 0 Å². The molecule has 0 radical (unpaired) electrons. The van der Waals surface area contributed by atoms with E-state index in [9.17, 15) is 4.79 Å². The quantitative estimate of drug-likeness (QED) is 0.939. The van der Waals surface area contributed by atoms with Gasteiger partial charge in [-0.25, -0.2) is 0 Å². The first-order chi connectivity index (χ1) is 10.2. The van der Waals surface area contributed by atoms with Crippen LogP contribution in [0.3, 0.4) is 0 Å². The molecule has 1 aliphatic heterocycles. The minimum Gasteiger partial charge on any atom is -0.385 e. The number of likely N-dealkylation sites (N-methyl/N-ethyl adjacent to an activating group) is 1. The molecule has 3 nitrogen and oxygen atoms in total. The predicted octanol–water partition coefficient (Wildman–Crippen LogP) is 3.61. The van der Waals surface area contributed by atoms with Gasteiger partial charge < -0.3 is 10.2 Å². The van der Waals surface area contributed by atoms with Crippen molar-refractivity contribution in [2.75, 3.05) is 18.9 Å². The standard InChI is InChI=1S/C17H20N2OS/c1-12-8-10-21-16(12)11-19(2)17(20)14-7-9-18-15-6-4-3-5-13(14)15/h3-6,8,10,14,18H,7,9,11H2,1-2H3. The summed E-state index contributed by atoms with van der Waals surface area (Å²) in [5, 5.41) is 5.46. The van der Waals surface area contributed by atoms with Crippen LogP contribution in [0.25, 0.3) is 0 Å². The Balaban J connectivity index is 1.78. The fourth-order valence-electron chi connectivity index (χ4n) is 2.85. The fourth-order valence-corrected chi connectivity index (χ4v) is 3.81. The SMILES string of the molecule is Cc1ccsc1CN(C)C(=O)C1CCNc2ccccc21. The topological polar surface area (TPSA) is 32.3 Å². The Kier molecular flexibility index (Phi) is 3.97. The smallest absolute Gasteiger partial charge is 0.230 e. The number of nitrogens with zero attached hydrogens (tertiary/aromatic N) is 1. The predicted molar refractivity (Wildman–Crippen MR) is 87.8 cm³/mol. The second-order valence-corrected chi connectivity index (χ2v) is 6.58. The monoisotopic (exact) mass is 300 g/mol. The number of aryl methyl sites for hydroxylation is 1. The molecule has 0 fully saturated rings. The number of amides is 1. The Labute approximate surface area is 129 Å². The van der Waals surface area contributed by atoms with Crippen molar-refractivity contribution in [3.63, 3.8) is 0 Å². The van der Waals surface area contributed by atoms with E-state index in [0.29, 0.717) is 6.54 Å². The van der Waals surface area contributed by atoms with Gasteiger partial charge in [-0.05, 0) is 42.0 Å². The molecule has 0 saturated heterocycles. The number of carbonyl (C=O) groups is 1. The number of nitrogens with one attached hydrogen (secondary N) is 1. The number of benzene rings is 1. The molecule has 1 N–H and O–H groups in total. The summed E-state index contributed by atoms with van der Waals surface area (Å²) in [5.41, 5.74) is 3.50. The summed E-state index contributed by atoms with van der Waals surface area (Å²) >= 11 is 1.72. The number of fused-ring (bicyclic) bond motifs is 1. The lowest BCUT2D eigenvalue weighted by atomic mass is 9.90. The summed E-state index contributed by atoms with van der Waals surface area (Å²) < 4.78 is 0. The highest BCUT2D eigenvalue weighted by molar-refractivity contribution is 7.10. The molecule has 1 unspecified atom stereocenters. The van der Waals surface area contributed by atoms with Gasteiger partial charge in [0.2, 0.25) is 5.91 Å². The highest BCUT2D eigenvalue weighted by Crippen LogP contribution is 2.33. The van der Waals surface area contributed by atoms with E-state index in [-0.39, 0.29) is 11.8 Å². The molecule has 1 aliphatic rings. The Morgan fingerprint density at radius 3 is 2.95 bits per heavy atom. The highest BCUT2D eigenvalue weighted by atomic mass is 32.1. The minimum absolute atomic E-state index is 0.0206. The zero-order valence-electron chi connectivity index (χ0n) is 12.4. The Bertz CT molecular complexity index is 650. The largest absolute Gasteiger partial charge is 0.385 e. The van der Waals surface area contributed by atoms with E-state index in [0.717, 1.165) is 24.2 Å². The van der Waals surface area contributed by atoms with Crippen molar-refractivity contribution < 1.29 is 4.79 Å². The van der Waals surface area contributed by atoms with Crippen LogP contribution in [-0.4, -0.2) is 24.4 Å². The third kappa shape index (κ3) is 2.81. The number of hydrogen-bond acceptors (Lipinski definition) is 3. The van der Waals surface area contributed by atoms with Crippen LogP contribution < -0.4 is 5.32 Å². The van der Waals surface area contributed by atoms with Crippen molar-refractivity contribution in [3.05, 3.63) is 51.7 Å². The third-order valence-electron chi connectivity index (χ3n) is 4.11. The zero-order valence-corrected chi connectivity index (χ0v) is 13.2. The van der Waals surface area contributed by atoms with Crippen molar-refractivity contribution >= 4 is 22.9 Å². The van der Waals surface area contributed by atoms with Crippen LogP contribution in [0.15, 0.2) is 35.7 Å². The maximum atomic E-state index is 12.8. The van der Waals surface area contributed by atoms with E-state index in [1.54, 1.807) is 11.3 Å². The Hall–Kier alpha value is -1.81. The molecule has 2 aromatic rings. The van der Waals surface area contributed by atoms with Gasteiger partial charge in [-0.2, -0.15) is 0 Å². The molecule has 3 rings (SSSR count). The zero-order chi connectivity index (χ0) is 14.8. The van der Waals surface area contributed by atoms with Crippen molar-refractivity contribution in [1.29, 1.82) is 0 Å². The number of para-hydroxylation sites is 1. The number of rotatable bonds is 3. The second-order valence-electron chi connectivity index (χ2n) is 5.58. The van der Waals surface area contributed by atoms with E-state index in [2.05, 4.69) is 35.8 Å². The van der Waals surface area contributed by atoms with Crippen LogP contribution >= 0.6 is 11.3 Å². The van der Waals surface area contributed by atoms with E-state index >= 15 is 0 Å². The molecule has 4 heteroatoms. The molecular formula is C17H20N2OS. The van der Waals surface area contributed by atoms with Gasteiger partial charge in [-0.15, -0.1) is 11.3 Å². The lowest BCUT2D eigenvalue weighted by Crippen LogP contribution is -2.34. The first-order valence-corrected chi connectivity index (χ1v) is 8.15. The molecular weight excluding hydrogens is 280 g/mol. The van der Waals surface area contributed by atoms with Gasteiger partial charge in [0.15, 0.2) is 0 Å². The van der Waals surface area contributed by atoms with Gasteiger partial charge in [0.25, 0.3) is 0 Å². The molecule has 1 aromatic carbocycles. The van der Waals surface area contributed by atoms with Gasteiger partial charge in [-0.3, -0.25) is 4.79 Å². The van der Waals surface area contributed by atoms with Gasteiger partial charge in [0, 0.05) is 24.2 Å². The summed E-state index contributed by atoms with van der Waals surface area (Å²) in [7, 11) is 1.91. The van der Waals surface area contributed by atoms with Gasteiger partial charge >= 0.3 is 0 Å². The van der Waals surface area contributed by atoms with Gasteiger partial charge in [0.05, 0.1) is 12.5 Å². The van der Waals surface area contributed by atoms with Gasteiger partial charge in [-0.1, -0.05) is 18.2 Å². The summed E-state index contributed by atoms with van der Waals surface area (Å²) in [4.78, 5) is 15.9. The van der Waals surface area contributed by atoms with Crippen LogP contribution in [0.1, 0.15) is 28.3 Å². The summed E-state index contributed by atoms with van der Waals surface area (Å²) in [5.74, 6) is 0.199. The molecule has 1 atom stereocenters.